The zero-order chi connectivity index (χ0) is 21.9. The summed E-state index contributed by atoms with van der Waals surface area (Å²) >= 11 is 0. The molecule has 0 aliphatic heterocycles. The summed E-state index contributed by atoms with van der Waals surface area (Å²) in [5.41, 5.74) is 6.49. The summed E-state index contributed by atoms with van der Waals surface area (Å²) in [5.74, 6) is -0.837. The third-order valence-electron chi connectivity index (χ3n) is 4.03. The topological polar surface area (TPSA) is 170 Å². The van der Waals surface area contributed by atoms with Crippen LogP contribution in [-0.2, 0) is 10.0 Å². The summed E-state index contributed by atoms with van der Waals surface area (Å²) in [5, 5.41) is 11.0. The van der Waals surface area contributed by atoms with Gasteiger partial charge in [-0.2, -0.15) is 4.98 Å². The largest absolute Gasteiger partial charge is 0.365 e. The highest BCUT2D eigenvalue weighted by molar-refractivity contribution is 7.89. The van der Waals surface area contributed by atoms with Crippen LogP contribution in [0.4, 0.5) is 23.1 Å². The van der Waals surface area contributed by atoms with Crippen molar-refractivity contribution in [3.8, 4) is 0 Å². The van der Waals surface area contributed by atoms with E-state index in [9.17, 15) is 18.0 Å². The molecule has 0 unspecified atom stereocenters. The molecule has 6 N–H and O–H groups in total. The van der Waals surface area contributed by atoms with Gasteiger partial charge in [0.25, 0.3) is 5.91 Å². The molecule has 0 spiro atoms. The van der Waals surface area contributed by atoms with Crippen molar-refractivity contribution < 1.29 is 18.0 Å². The molecule has 0 saturated heterocycles. The number of nitrogens with two attached hydrogens (primary N) is 2. The second kappa shape index (κ2) is 8.27. The number of benzene rings is 2. The number of rotatable bonds is 7. The summed E-state index contributed by atoms with van der Waals surface area (Å²) in [6.45, 7) is 1.45. The van der Waals surface area contributed by atoms with Crippen LogP contribution in [0, 0.1) is 0 Å². The van der Waals surface area contributed by atoms with E-state index in [-0.39, 0.29) is 33.7 Å². The lowest BCUT2D eigenvalue weighted by Gasteiger charge is -2.13. The first-order valence-electron chi connectivity index (χ1n) is 8.59. The van der Waals surface area contributed by atoms with Gasteiger partial charge in [0.2, 0.25) is 16.0 Å². The number of ketones is 1. The van der Waals surface area contributed by atoms with E-state index in [0.29, 0.717) is 11.3 Å². The standard InChI is InChI=1S/C19H18N6O4S/c1-11(26)12-5-4-6-13(9-12)23-19-22-10-14(17(20)27)18(25-19)24-15-7-2-3-8-16(15)30(21,28)29/h2-10H,1H3,(H2,20,27)(H2,21,28,29)(H2,22,23,24,25). The van der Waals surface area contributed by atoms with E-state index in [0.717, 1.165) is 0 Å². The first-order chi connectivity index (χ1) is 14.1. The highest BCUT2D eigenvalue weighted by Gasteiger charge is 2.18. The molecule has 154 valence electrons. The molecule has 1 amide bonds. The predicted octanol–water partition coefficient (Wildman–Crippen LogP) is 1.91. The van der Waals surface area contributed by atoms with Gasteiger partial charge in [-0.15, -0.1) is 0 Å². The number of nitrogens with one attached hydrogen (secondary N) is 2. The van der Waals surface area contributed by atoms with Gasteiger partial charge in [0.15, 0.2) is 5.78 Å². The third-order valence-corrected chi connectivity index (χ3v) is 5.00. The van der Waals surface area contributed by atoms with E-state index >= 15 is 0 Å². The molecule has 11 heteroatoms. The Morgan fingerprint density at radius 1 is 1.03 bits per heavy atom. The number of carbonyl (C=O) groups excluding carboxylic acids is 2. The number of primary sulfonamides is 1. The van der Waals surface area contributed by atoms with Gasteiger partial charge in [0, 0.05) is 17.4 Å². The smallest absolute Gasteiger partial charge is 0.254 e. The van der Waals surface area contributed by atoms with Crippen molar-refractivity contribution >= 4 is 44.9 Å². The van der Waals surface area contributed by atoms with Crippen LogP contribution in [0.25, 0.3) is 0 Å². The number of primary amides is 1. The number of hydrogen-bond donors (Lipinski definition) is 4. The highest BCUT2D eigenvalue weighted by atomic mass is 32.2. The Morgan fingerprint density at radius 3 is 2.43 bits per heavy atom. The highest BCUT2D eigenvalue weighted by Crippen LogP contribution is 2.26. The minimum atomic E-state index is -4.03. The molecule has 1 heterocycles. The van der Waals surface area contributed by atoms with Gasteiger partial charge in [0.1, 0.15) is 16.3 Å². The summed E-state index contributed by atoms with van der Waals surface area (Å²) < 4.78 is 23.7. The molecular weight excluding hydrogens is 408 g/mol. The number of amides is 1. The summed E-state index contributed by atoms with van der Waals surface area (Å²) in [6.07, 6.45) is 1.20. The van der Waals surface area contributed by atoms with Crippen LogP contribution >= 0.6 is 0 Å². The number of nitrogens with zero attached hydrogens (tertiary/aromatic N) is 2. The average Bonchev–Trinajstić information content (AvgIpc) is 2.68. The Hall–Kier alpha value is -3.83. The molecule has 3 rings (SSSR count). The van der Waals surface area contributed by atoms with E-state index in [2.05, 4.69) is 20.6 Å². The van der Waals surface area contributed by atoms with Crippen LogP contribution in [0.5, 0.6) is 0 Å². The van der Waals surface area contributed by atoms with E-state index in [4.69, 9.17) is 10.9 Å². The monoisotopic (exact) mass is 426 g/mol. The van der Waals surface area contributed by atoms with Gasteiger partial charge in [-0.25, -0.2) is 18.5 Å². The van der Waals surface area contributed by atoms with Crippen molar-refractivity contribution in [1.29, 1.82) is 0 Å². The second-order valence-electron chi connectivity index (χ2n) is 6.25. The van der Waals surface area contributed by atoms with Gasteiger partial charge in [0.05, 0.1) is 5.69 Å². The Labute approximate surface area is 172 Å². The summed E-state index contributed by atoms with van der Waals surface area (Å²) in [4.78, 5) is 31.4. The average molecular weight is 426 g/mol. The lowest BCUT2D eigenvalue weighted by molar-refractivity contribution is 0.0996. The van der Waals surface area contributed by atoms with Crippen LogP contribution < -0.4 is 21.5 Å². The van der Waals surface area contributed by atoms with Crippen molar-refractivity contribution in [2.75, 3.05) is 10.6 Å². The van der Waals surface area contributed by atoms with E-state index in [1.165, 1.54) is 31.3 Å². The molecule has 1 aromatic heterocycles. The predicted molar refractivity (Wildman–Crippen MR) is 111 cm³/mol. The van der Waals surface area contributed by atoms with Gasteiger partial charge < -0.3 is 16.4 Å². The molecule has 30 heavy (non-hydrogen) atoms. The van der Waals surface area contributed by atoms with Gasteiger partial charge in [-0.3, -0.25) is 9.59 Å². The Bertz CT molecular complexity index is 1240. The van der Waals surface area contributed by atoms with Crippen molar-refractivity contribution in [2.45, 2.75) is 11.8 Å². The number of hydrogen-bond acceptors (Lipinski definition) is 8. The first-order valence-corrected chi connectivity index (χ1v) is 10.1. The molecule has 0 aliphatic rings. The van der Waals surface area contributed by atoms with Gasteiger partial charge in [-0.05, 0) is 31.2 Å². The maximum Gasteiger partial charge on any atom is 0.254 e. The van der Waals surface area contributed by atoms with E-state index in [1.807, 2.05) is 0 Å². The molecule has 2 aromatic carbocycles. The molecule has 3 aromatic rings. The van der Waals surface area contributed by atoms with Gasteiger partial charge >= 0.3 is 0 Å². The van der Waals surface area contributed by atoms with Crippen LogP contribution in [0.15, 0.2) is 59.6 Å². The fourth-order valence-corrected chi connectivity index (χ4v) is 3.30. The van der Waals surface area contributed by atoms with Crippen molar-refractivity contribution in [3.05, 3.63) is 65.9 Å². The summed E-state index contributed by atoms with van der Waals surface area (Å²) in [6, 6.07) is 12.6. The quantitative estimate of drug-likeness (QED) is 0.415. The van der Waals surface area contributed by atoms with Crippen molar-refractivity contribution in [1.82, 2.24) is 9.97 Å². The maximum absolute atomic E-state index is 11.8. The molecule has 0 aliphatic carbocycles. The van der Waals surface area contributed by atoms with Crippen LogP contribution in [-0.4, -0.2) is 30.1 Å². The molecule has 0 bridgehead atoms. The SMILES string of the molecule is CC(=O)c1cccc(Nc2ncc(C(N)=O)c(Nc3ccccc3S(N)(=O)=O)n2)c1. The number of carbonyl (C=O) groups is 2. The number of para-hydroxylation sites is 1. The molecular formula is C19H18N6O4S. The summed E-state index contributed by atoms with van der Waals surface area (Å²) in [7, 11) is -4.03. The molecule has 0 radical (unpaired) electrons. The van der Waals surface area contributed by atoms with E-state index in [1.54, 1.807) is 30.3 Å². The van der Waals surface area contributed by atoms with Crippen molar-refractivity contribution in [3.63, 3.8) is 0 Å². The Kier molecular flexibility index (Phi) is 5.76. The lowest BCUT2D eigenvalue weighted by Crippen LogP contribution is -2.17. The van der Waals surface area contributed by atoms with E-state index < -0.39 is 15.9 Å². The normalized spacial score (nSPS) is 11.0. The number of anilines is 4. The minimum absolute atomic E-state index is 0.0150. The number of aromatic nitrogens is 2. The third kappa shape index (κ3) is 4.77. The van der Waals surface area contributed by atoms with Crippen molar-refractivity contribution in [2.24, 2.45) is 10.9 Å². The molecule has 0 fully saturated rings. The fraction of sp³-hybridized carbons (Fsp3) is 0.0526. The maximum atomic E-state index is 11.8. The second-order valence-corrected chi connectivity index (χ2v) is 7.78. The van der Waals surface area contributed by atoms with Crippen LogP contribution in [0.3, 0.4) is 0 Å². The lowest BCUT2D eigenvalue weighted by atomic mass is 10.1. The number of Topliss-reactive ketones (excluding diaryl/α,β-unsaturated/α-hetero) is 1. The zero-order valence-electron chi connectivity index (χ0n) is 15.8. The number of sulfonamides is 1. The Balaban J connectivity index is 2.00. The van der Waals surface area contributed by atoms with Crippen LogP contribution in [0.2, 0.25) is 0 Å². The molecule has 0 saturated carbocycles. The van der Waals surface area contributed by atoms with Crippen LogP contribution in [0.1, 0.15) is 27.6 Å². The first kappa shape index (κ1) is 20.9. The van der Waals surface area contributed by atoms with Gasteiger partial charge in [-0.1, -0.05) is 24.3 Å². The minimum Gasteiger partial charge on any atom is -0.365 e. The fourth-order valence-electron chi connectivity index (χ4n) is 2.61. The Morgan fingerprint density at radius 2 is 1.77 bits per heavy atom. The molecule has 10 nitrogen and oxygen atoms in total. The zero-order valence-corrected chi connectivity index (χ0v) is 16.6. The molecule has 0 atom stereocenters.